The zero-order valence-electron chi connectivity index (χ0n) is 9.91. The van der Waals surface area contributed by atoms with E-state index >= 15 is 0 Å². The molecule has 1 aliphatic heterocycles. The van der Waals surface area contributed by atoms with Gasteiger partial charge in [0, 0.05) is 10.9 Å². The van der Waals surface area contributed by atoms with Crippen molar-refractivity contribution in [3.63, 3.8) is 0 Å². The van der Waals surface area contributed by atoms with Crippen LogP contribution in [0.3, 0.4) is 0 Å². The summed E-state index contributed by atoms with van der Waals surface area (Å²) in [6.07, 6.45) is 0. The number of aliphatic imine (C=N–C) groups is 1. The number of rotatable bonds is 3. The number of halogens is 1. The van der Waals surface area contributed by atoms with Gasteiger partial charge in [-0.25, -0.2) is 9.98 Å². The van der Waals surface area contributed by atoms with E-state index in [0.29, 0.717) is 5.75 Å². The molecular formula is C13H11ClN2OS2. The summed E-state index contributed by atoms with van der Waals surface area (Å²) in [6, 6.07) is 10.0. The van der Waals surface area contributed by atoms with Crippen LogP contribution in [0.5, 0.6) is 0 Å². The molecule has 98 valence electrons. The predicted octanol–water partition coefficient (Wildman–Crippen LogP) is 3.23. The molecular weight excluding hydrogens is 300 g/mol. The molecule has 1 aromatic carbocycles. The molecule has 0 bridgehead atoms. The maximum atomic E-state index is 9.99. The minimum Gasteiger partial charge on any atom is -0.367 e. The Balaban J connectivity index is 1.89. The highest BCUT2D eigenvalue weighted by Crippen LogP contribution is 2.32. The molecule has 1 atom stereocenters. The van der Waals surface area contributed by atoms with Crippen LogP contribution >= 0.6 is 34.7 Å². The third kappa shape index (κ3) is 2.69. The highest BCUT2D eigenvalue weighted by atomic mass is 35.5. The van der Waals surface area contributed by atoms with E-state index < -0.39 is 5.72 Å². The normalized spacial score (nSPS) is 22.5. The van der Waals surface area contributed by atoms with Gasteiger partial charge in [-0.3, -0.25) is 0 Å². The van der Waals surface area contributed by atoms with Gasteiger partial charge in [0.05, 0.1) is 11.6 Å². The zero-order chi connectivity index (χ0) is 13.3. The summed E-state index contributed by atoms with van der Waals surface area (Å²) >= 11 is 8.79. The number of hydrogen-bond acceptors (Lipinski definition) is 5. The van der Waals surface area contributed by atoms with Gasteiger partial charge in [-0.1, -0.05) is 42.1 Å². The zero-order valence-corrected chi connectivity index (χ0v) is 12.3. The van der Waals surface area contributed by atoms with Crippen LogP contribution < -0.4 is 0 Å². The SMILES string of the molecule is OC1(CCl)CSC(c2csc(-c3ccccc3)n2)=N1. The average molecular weight is 311 g/mol. The molecule has 0 aliphatic carbocycles. The largest absolute Gasteiger partial charge is 0.367 e. The lowest BCUT2D eigenvalue weighted by Crippen LogP contribution is -2.28. The molecule has 3 nitrogen and oxygen atoms in total. The van der Waals surface area contributed by atoms with Crippen molar-refractivity contribution in [1.29, 1.82) is 0 Å². The lowest BCUT2D eigenvalue weighted by atomic mass is 10.2. The Hall–Kier alpha value is -0.880. The van der Waals surface area contributed by atoms with E-state index in [1.54, 1.807) is 11.3 Å². The second kappa shape index (κ2) is 5.25. The van der Waals surface area contributed by atoms with Gasteiger partial charge in [0.1, 0.15) is 15.7 Å². The minimum absolute atomic E-state index is 0.110. The molecule has 1 aromatic heterocycles. The lowest BCUT2D eigenvalue weighted by Gasteiger charge is -2.12. The maximum absolute atomic E-state index is 9.99. The van der Waals surface area contributed by atoms with Crippen molar-refractivity contribution in [2.75, 3.05) is 11.6 Å². The smallest absolute Gasteiger partial charge is 0.180 e. The van der Waals surface area contributed by atoms with Gasteiger partial charge < -0.3 is 5.11 Å². The molecule has 1 unspecified atom stereocenters. The summed E-state index contributed by atoms with van der Waals surface area (Å²) in [6.45, 7) is 0. The number of aromatic nitrogens is 1. The van der Waals surface area contributed by atoms with Crippen molar-refractivity contribution in [2.45, 2.75) is 5.72 Å². The van der Waals surface area contributed by atoms with E-state index in [4.69, 9.17) is 11.6 Å². The molecule has 6 heteroatoms. The first-order chi connectivity index (χ1) is 9.20. The van der Waals surface area contributed by atoms with E-state index in [1.165, 1.54) is 11.8 Å². The van der Waals surface area contributed by atoms with Gasteiger partial charge in [-0.05, 0) is 0 Å². The highest BCUT2D eigenvalue weighted by molar-refractivity contribution is 8.14. The van der Waals surface area contributed by atoms with Crippen LogP contribution in [0.15, 0.2) is 40.7 Å². The Morgan fingerprint density at radius 2 is 2.11 bits per heavy atom. The van der Waals surface area contributed by atoms with Gasteiger partial charge in [0.25, 0.3) is 0 Å². The van der Waals surface area contributed by atoms with Crippen LogP contribution in [0.4, 0.5) is 0 Å². The molecule has 0 fully saturated rings. The quantitative estimate of drug-likeness (QED) is 0.885. The minimum atomic E-state index is -1.14. The van der Waals surface area contributed by atoms with Gasteiger partial charge in [-0.15, -0.1) is 22.9 Å². The van der Waals surface area contributed by atoms with Crippen LogP contribution in [-0.4, -0.2) is 32.5 Å². The summed E-state index contributed by atoms with van der Waals surface area (Å²) < 4.78 is 0. The Morgan fingerprint density at radius 3 is 2.79 bits per heavy atom. The topological polar surface area (TPSA) is 45.5 Å². The Kier molecular flexibility index (Phi) is 3.62. The molecule has 0 amide bonds. The Labute approximate surface area is 124 Å². The molecule has 0 saturated heterocycles. The first-order valence-electron chi connectivity index (χ1n) is 5.72. The summed E-state index contributed by atoms with van der Waals surface area (Å²) in [7, 11) is 0. The lowest BCUT2D eigenvalue weighted by molar-refractivity contribution is 0.103. The van der Waals surface area contributed by atoms with Crippen molar-refractivity contribution < 1.29 is 5.11 Å². The van der Waals surface area contributed by atoms with Gasteiger partial charge in [0.15, 0.2) is 5.72 Å². The molecule has 1 aliphatic rings. The van der Waals surface area contributed by atoms with Gasteiger partial charge in [0.2, 0.25) is 0 Å². The Morgan fingerprint density at radius 1 is 1.32 bits per heavy atom. The number of aliphatic hydroxyl groups is 1. The van der Waals surface area contributed by atoms with E-state index in [9.17, 15) is 5.11 Å². The van der Waals surface area contributed by atoms with Crippen LogP contribution in [0.25, 0.3) is 10.6 Å². The van der Waals surface area contributed by atoms with E-state index in [0.717, 1.165) is 21.3 Å². The van der Waals surface area contributed by atoms with Gasteiger partial charge in [-0.2, -0.15) is 0 Å². The van der Waals surface area contributed by atoms with Crippen LogP contribution in [0.1, 0.15) is 5.69 Å². The summed E-state index contributed by atoms with van der Waals surface area (Å²) in [5.41, 5.74) is 0.766. The molecule has 1 N–H and O–H groups in total. The Bertz CT molecular complexity index is 614. The predicted molar refractivity (Wildman–Crippen MR) is 82.2 cm³/mol. The summed E-state index contributed by atoms with van der Waals surface area (Å²) in [5.74, 6) is 0.600. The van der Waals surface area contributed by atoms with Crippen molar-refractivity contribution in [3.05, 3.63) is 41.4 Å². The first-order valence-corrected chi connectivity index (χ1v) is 8.12. The van der Waals surface area contributed by atoms with Crippen LogP contribution in [-0.2, 0) is 0 Å². The van der Waals surface area contributed by atoms with E-state index in [-0.39, 0.29) is 5.88 Å². The number of thioether (sulfide) groups is 1. The maximum Gasteiger partial charge on any atom is 0.180 e. The van der Waals surface area contributed by atoms with Crippen molar-refractivity contribution in [1.82, 2.24) is 4.98 Å². The average Bonchev–Trinajstić information content (AvgIpc) is 3.07. The number of hydrogen-bond donors (Lipinski definition) is 1. The fourth-order valence-electron chi connectivity index (χ4n) is 1.72. The van der Waals surface area contributed by atoms with E-state index in [1.807, 2.05) is 35.7 Å². The summed E-state index contributed by atoms with van der Waals surface area (Å²) in [4.78, 5) is 8.84. The standard InChI is InChI=1S/C13H11ClN2OS2/c14-7-13(17)8-19-12(16-13)10-6-18-11(15-10)9-4-2-1-3-5-9/h1-6,17H,7-8H2. The molecule has 0 spiro atoms. The van der Waals surface area contributed by atoms with Crippen LogP contribution in [0, 0.1) is 0 Å². The second-order valence-electron chi connectivity index (χ2n) is 4.23. The van der Waals surface area contributed by atoms with E-state index in [2.05, 4.69) is 9.98 Å². The molecule has 3 rings (SSSR count). The molecule has 2 heterocycles. The summed E-state index contributed by atoms with van der Waals surface area (Å²) in [5, 5.41) is 13.7. The fourth-order valence-corrected chi connectivity index (χ4v) is 3.90. The van der Waals surface area contributed by atoms with Crippen molar-refractivity contribution in [3.8, 4) is 10.6 Å². The monoisotopic (exact) mass is 310 g/mol. The third-order valence-electron chi connectivity index (χ3n) is 2.71. The molecule has 0 radical (unpaired) electrons. The number of alkyl halides is 1. The molecule has 19 heavy (non-hydrogen) atoms. The number of thiazole rings is 1. The van der Waals surface area contributed by atoms with Crippen LogP contribution in [0.2, 0.25) is 0 Å². The first kappa shape index (κ1) is 13.1. The molecule has 2 aromatic rings. The molecule has 0 saturated carbocycles. The van der Waals surface area contributed by atoms with Crippen molar-refractivity contribution in [2.24, 2.45) is 4.99 Å². The highest BCUT2D eigenvalue weighted by Gasteiger charge is 2.33. The van der Waals surface area contributed by atoms with Crippen molar-refractivity contribution >= 4 is 39.7 Å². The fraction of sp³-hybridized carbons (Fsp3) is 0.231. The third-order valence-corrected chi connectivity index (χ3v) is 5.21. The second-order valence-corrected chi connectivity index (χ2v) is 6.32. The van der Waals surface area contributed by atoms with Gasteiger partial charge >= 0.3 is 0 Å². The number of benzene rings is 1. The number of nitrogens with zero attached hydrogens (tertiary/aromatic N) is 2.